The molecule has 1 aromatic heterocycles. The van der Waals surface area contributed by atoms with Gasteiger partial charge in [0.2, 0.25) is 0 Å². The lowest BCUT2D eigenvalue weighted by Gasteiger charge is -1.87. The molecule has 0 spiro atoms. The molecule has 1 heteroatoms. The van der Waals surface area contributed by atoms with Crippen LogP contribution in [0.2, 0.25) is 0 Å². The second-order valence-corrected chi connectivity index (χ2v) is 1.97. The summed E-state index contributed by atoms with van der Waals surface area (Å²) in [6.07, 6.45) is 8.46. The van der Waals surface area contributed by atoms with Gasteiger partial charge < -0.3 is 0 Å². The van der Waals surface area contributed by atoms with Crippen molar-refractivity contribution < 1.29 is 0 Å². The van der Waals surface area contributed by atoms with E-state index in [0.29, 0.717) is 0 Å². The lowest BCUT2D eigenvalue weighted by Crippen LogP contribution is -1.71. The minimum absolute atomic E-state index is 0.836. The molecular formula is C9H10N. The molecule has 0 aliphatic rings. The first kappa shape index (κ1) is 7.00. The average Bonchev–Trinajstić information content (AvgIpc) is 2.03. The molecule has 1 nitrogen and oxygen atoms in total. The lowest BCUT2D eigenvalue weighted by molar-refractivity contribution is 1.32. The van der Waals surface area contributed by atoms with Gasteiger partial charge in [-0.15, -0.1) is 0 Å². The summed E-state index contributed by atoms with van der Waals surface area (Å²) < 4.78 is 0. The Morgan fingerprint density at radius 3 is 2.70 bits per heavy atom. The van der Waals surface area contributed by atoms with E-state index in [1.807, 2.05) is 24.3 Å². The van der Waals surface area contributed by atoms with E-state index in [9.17, 15) is 0 Å². The van der Waals surface area contributed by atoms with Crippen molar-refractivity contribution in [3.63, 3.8) is 0 Å². The normalized spacial score (nSPS) is 10.5. The van der Waals surface area contributed by atoms with Crippen molar-refractivity contribution in [2.24, 2.45) is 0 Å². The Labute approximate surface area is 61.4 Å². The molecule has 0 N–H and O–H groups in total. The molecule has 0 aliphatic carbocycles. The van der Waals surface area contributed by atoms with Crippen LogP contribution in [-0.4, -0.2) is 4.98 Å². The maximum Gasteiger partial charge on any atom is 0.0273 e. The van der Waals surface area contributed by atoms with E-state index < -0.39 is 0 Å². The minimum Gasteiger partial charge on any atom is -0.265 e. The summed E-state index contributed by atoms with van der Waals surface area (Å²) in [6, 6.07) is 3.93. The molecule has 0 aromatic carbocycles. The maximum atomic E-state index is 3.90. The van der Waals surface area contributed by atoms with E-state index in [0.717, 1.165) is 6.42 Å². The van der Waals surface area contributed by atoms with Gasteiger partial charge in [0, 0.05) is 12.4 Å². The molecule has 0 bridgehead atoms. The van der Waals surface area contributed by atoms with Crippen LogP contribution in [0.3, 0.4) is 0 Å². The Morgan fingerprint density at radius 2 is 2.10 bits per heavy atom. The summed E-state index contributed by atoms with van der Waals surface area (Å²) in [5, 5.41) is 0. The van der Waals surface area contributed by atoms with E-state index in [2.05, 4.69) is 11.9 Å². The number of pyridine rings is 1. The van der Waals surface area contributed by atoms with Gasteiger partial charge in [-0.05, 0) is 31.0 Å². The molecule has 0 aliphatic heterocycles. The maximum absolute atomic E-state index is 3.90. The van der Waals surface area contributed by atoms with Gasteiger partial charge >= 0.3 is 0 Å². The molecule has 0 saturated carbocycles. The molecule has 1 heterocycles. The zero-order valence-electron chi connectivity index (χ0n) is 5.83. The number of nitrogens with zero attached hydrogens (tertiary/aromatic N) is 1. The van der Waals surface area contributed by atoms with Crippen LogP contribution in [0.4, 0.5) is 0 Å². The summed E-state index contributed by atoms with van der Waals surface area (Å²) in [5.74, 6) is 0. The van der Waals surface area contributed by atoms with Crippen LogP contribution in [0.1, 0.15) is 12.0 Å². The molecule has 1 radical (unpaired) electrons. The fourth-order valence-corrected chi connectivity index (χ4v) is 0.694. The van der Waals surface area contributed by atoms with Crippen molar-refractivity contribution in [3.8, 4) is 0 Å². The van der Waals surface area contributed by atoms with Crippen molar-refractivity contribution in [2.75, 3.05) is 0 Å². The predicted molar refractivity (Wildman–Crippen MR) is 43.2 cm³/mol. The van der Waals surface area contributed by atoms with Gasteiger partial charge in [0.15, 0.2) is 0 Å². The fourth-order valence-electron chi connectivity index (χ4n) is 0.694. The summed E-state index contributed by atoms with van der Waals surface area (Å²) in [4.78, 5) is 3.90. The van der Waals surface area contributed by atoms with Gasteiger partial charge in [0.1, 0.15) is 0 Å². The molecule has 0 unspecified atom stereocenters. The van der Waals surface area contributed by atoms with Crippen LogP contribution in [0.5, 0.6) is 0 Å². The highest BCUT2D eigenvalue weighted by Gasteiger charge is 1.79. The van der Waals surface area contributed by atoms with E-state index in [4.69, 9.17) is 0 Å². The van der Waals surface area contributed by atoms with Crippen LogP contribution in [-0.2, 0) is 0 Å². The van der Waals surface area contributed by atoms with E-state index in [-0.39, 0.29) is 0 Å². The molecular weight excluding hydrogens is 122 g/mol. The molecule has 0 saturated heterocycles. The van der Waals surface area contributed by atoms with Crippen molar-refractivity contribution in [1.82, 2.24) is 4.98 Å². The summed E-state index contributed by atoms with van der Waals surface area (Å²) in [7, 11) is 0. The van der Waals surface area contributed by atoms with Gasteiger partial charge in [0.25, 0.3) is 0 Å². The smallest absolute Gasteiger partial charge is 0.0273 e. The van der Waals surface area contributed by atoms with Crippen LogP contribution in [0, 0.1) is 6.92 Å². The first-order valence-corrected chi connectivity index (χ1v) is 3.29. The first-order chi connectivity index (χ1) is 4.93. The summed E-state index contributed by atoms with van der Waals surface area (Å²) >= 11 is 0. The number of aromatic nitrogens is 1. The van der Waals surface area contributed by atoms with Gasteiger partial charge in [0.05, 0.1) is 0 Å². The first-order valence-electron chi connectivity index (χ1n) is 3.29. The van der Waals surface area contributed by atoms with Gasteiger partial charge in [-0.25, -0.2) is 0 Å². The van der Waals surface area contributed by atoms with Crippen molar-refractivity contribution in [2.45, 2.75) is 6.42 Å². The van der Waals surface area contributed by atoms with Gasteiger partial charge in [-0.1, -0.05) is 12.2 Å². The highest BCUT2D eigenvalue weighted by molar-refractivity contribution is 5.47. The zero-order valence-corrected chi connectivity index (χ0v) is 5.83. The Morgan fingerprint density at radius 1 is 1.40 bits per heavy atom. The van der Waals surface area contributed by atoms with E-state index in [1.54, 1.807) is 12.4 Å². The van der Waals surface area contributed by atoms with Crippen LogP contribution in [0.15, 0.2) is 30.6 Å². The molecule has 10 heavy (non-hydrogen) atoms. The number of hydrogen-bond acceptors (Lipinski definition) is 1. The van der Waals surface area contributed by atoms with Gasteiger partial charge in [-0.3, -0.25) is 4.98 Å². The van der Waals surface area contributed by atoms with Crippen LogP contribution in [0.25, 0.3) is 6.08 Å². The van der Waals surface area contributed by atoms with Crippen LogP contribution < -0.4 is 0 Å². The second kappa shape index (κ2) is 3.83. The molecule has 0 fully saturated rings. The lowest BCUT2D eigenvalue weighted by atomic mass is 10.2. The number of rotatable bonds is 2. The van der Waals surface area contributed by atoms with E-state index in [1.165, 1.54) is 5.56 Å². The minimum atomic E-state index is 0.836. The third kappa shape index (κ3) is 2.02. The van der Waals surface area contributed by atoms with Crippen molar-refractivity contribution in [3.05, 3.63) is 43.1 Å². The quantitative estimate of drug-likeness (QED) is 0.601. The highest BCUT2D eigenvalue weighted by atomic mass is 14.6. The van der Waals surface area contributed by atoms with E-state index >= 15 is 0 Å². The monoisotopic (exact) mass is 132 g/mol. The summed E-state index contributed by atoms with van der Waals surface area (Å²) in [6.45, 7) is 3.70. The second-order valence-electron chi connectivity index (χ2n) is 1.97. The number of hydrogen-bond donors (Lipinski definition) is 0. The zero-order chi connectivity index (χ0) is 7.23. The molecule has 0 atom stereocenters. The van der Waals surface area contributed by atoms with Gasteiger partial charge in [-0.2, -0.15) is 0 Å². The third-order valence-corrected chi connectivity index (χ3v) is 1.18. The van der Waals surface area contributed by atoms with Crippen LogP contribution >= 0.6 is 0 Å². The third-order valence-electron chi connectivity index (χ3n) is 1.18. The molecule has 0 amide bonds. The Kier molecular flexibility index (Phi) is 2.68. The Balaban J connectivity index is 2.67. The van der Waals surface area contributed by atoms with Crippen molar-refractivity contribution in [1.29, 1.82) is 0 Å². The fraction of sp³-hybridized carbons (Fsp3) is 0.111. The largest absolute Gasteiger partial charge is 0.265 e. The predicted octanol–water partition coefficient (Wildman–Crippen LogP) is 2.32. The Bertz CT molecular complexity index is 201. The standard InChI is InChI=1S/C9H10N/c1-2-3-4-9-5-7-10-8-6-9/h3-8H,1-2H2. The average molecular weight is 132 g/mol. The summed E-state index contributed by atoms with van der Waals surface area (Å²) in [5.41, 5.74) is 1.18. The molecule has 1 aromatic rings. The Hall–Kier alpha value is -1.11. The SMILES string of the molecule is [CH2]CC=Cc1ccncc1. The number of allylic oxidation sites excluding steroid dienone is 1. The van der Waals surface area contributed by atoms with Crippen molar-refractivity contribution >= 4 is 6.08 Å². The topological polar surface area (TPSA) is 12.9 Å². The molecule has 1 rings (SSSR count). The highest BCUT2D eigenvalue weighted by Crippen LogP contribution is 1.98. The molecule has 51 valence electrons.